The van der Waals surface area contributed by atoms with E-state index in [1.165, 1.54) is 5.56 Å². The monoisotopic (exact) mass is 363 g/mol. The van der Waals surface area contributed by atoms with Crippen molar-refractivity contribution >= 4 is 11.9 Å². The molecule has 0 aliphatic rings. The molecule has 0 saturated carbocycles. The normalized spacial score (nSPS) is 10.4. The third-order valence-electron chi connectivity index (χ3n) is 4.19. The molecule has 0 radical (unpaired) electrons. The summed E-state index contributed by atoms with van der Waals surface area (Å²) in [6.07, 6.45) is 5.47. The molecule has 1 aromatic rings. The van der Waals surface area contributed by atoms with Gasteiger partial charge in [0.1, 0.15) is 5.75 Å². The largest absolute Gasteiger partial charge is 0.484 e. The highest BCUT2D eigenvalue weighted by Crippen LogP contribution is 2.14. The lowest BCUT2D eigenvalue weighted by Crippen LogP contribution is -2.37. The van der Waals surface area contributed by atoms with Crippen LogP contribution in [0, 0.1) is 0 Å². The van der Waals surface area contributed by atoms with Crippen molar-refractivity contribution in [2.24, 2.45) is 0 Å². The summed E-state index contributed by atoms with van der Waals surface area (Å²) in [6, 6.07) is 7.78. The van der Waals surface area contributed by atoms with E-state index in [9.17, 15) is 9.59 Å². The van der Waals surface area contributed by atoms with Crippen molar-refractivity contribution in [2.75, 3.05) is 26.3 Å². The molecule has 0 N–H and O–H groups in total. The Hall–Kier alpha value is -2.04. The molecule has 0 atom stereocenters. The molecule has 5 heteroatoms. The van der Waals surface area contributed by atoms with E-state index in [2.05, 4.69) is 13.8 Å². The summed E-state index contributed by atoms with van der Waals surface area (Å²) in [5, 5.41) is 0. The molecule has 0 heterocycles. The smallest absolute Gasteiger partial charge is 0.307 e. The fourth-order valence-corrected chi connectivity index (χ4v) is 2.64. The van der Waals surface area contributed by atoms with Gasteiger partial charge in [0.15, 0.2) is 6.61 Å². The van der Waals surface area contributed by atoms with Crippen LogP contribution in [0.1, 0.15) is 58.4 Å². The van der Waals surface area contributed by atoms with Crippen LogP contribution in [-0.4, -0.2) is 43.1 Å². The molecule has 0 saturated heterocycles. The lowest BCUT2D eigenvalue weighted by atomic mass is 10.2. The lowest BCUT2D eigenvalue weighted by Gasteiger charge is -2.22. The summed E-state index contributed by atoms with van der Waals surface area (Å²) in [6.45, 7) is 7.39. The second-order valence-corrected chi connectivity index (χ2v) is 6.29. The molecule has 0 aromatic heterocycles. The summed E-state index contributed by atoms with van der Waals surface area (Å²) < 4.78 is 10.6. The molecule has 1 aromatic carbocycles. The van der Waals surface area contributed by atoms with Gasteiger partial charge in [0.25, 0.3) is 5.91 Å². The Morgan fingerprint density at radius 1 is 1.04 bits per heavy atom. The predicted molar refractivity (Wildman–Crippen MR) is 103 cm³/mol. The Labute approximate surface area is 157 Å². The van der Waals surface area contributed by atoms with Crippen molar-refractivity contribution in [3.8, 4) is 5.75 Å². The van der Waals surface area contributed by atoms with Crippen LogP contribution in [0.5, 0.6) is 5.75 Å². The number of amides is 1. The molecule has 146 valence electrons. The molecule has 0 aliphatic carbocycles. The van der Waals surface area contributed by atoms with Gasteiger partial charge in [-0.3, -0.25) is 9.59 Å². The van der Waals surface area contributed by atoms with Crippen LogP contribution in [0.15, 0.2) is 24.3 Å². The summed E-state index contributed by atoms with van der Waals surface area (Å²) in [5.74, 6) is 0.345. The fraction of sp³-hybridized carbons (Fsp3) is 0.619. The van der Waals surface area contributed by atoms with Gasteiger partial charge < -0.3 is 14.4 Å². The minimum atomic E-state index is -0.268. The minimum absolute atomic E-state index is 0.0101. The molecule has 5 nitrogen and oxygen atoms in total. The van der Waals surface area contributed by atoms with Gasteiger partial charge in [-0.2, -0.15) is 0 Å². The minimum Gasteiger partial charge on any atom is -0.484 e. The molecule has 1 rings (SSSR count). The van der Waals surface area contributed by atoms with Crippen molar-refractivity contribution in [2.45, 2.75) is 59.3 Å². The van der Waals surface area contributed by atoms with Crippen molar-refractivity contribution in [3.05, 3.63) is 29.8 Å². The van der Waals surface area contributed by atoms with Crippen molar-refractivity contribution in [1.82, 2.24) is 4.90 Å². The molecule has 0 bridgehead atoms. The van der Waals surface area contributed by atoms with Gasteiger partial charge in [-0.1, -0.05) is 45.2 Å². The molecule has 0 unspecified atom stereocenters. The van der Waals surface area contributed by atoms with E-state index < -0.39 is 0 Å². The van der Waals surface area contributed by atoms with Crippen molar-refractivity contribution in [1.29, 1.82) is 0 Å². The van der Waals surface area contributed by atoms with Crippen molar-refractivity contribution in [3.63, 3.8) is 0 Å². The van der Waals surface area contributed by atoms with Crippen LogP contribution in [0.2, 0.25) is 0 Å². The first-order valence-corrected chi connectivity index (χ1v) is 9.75. The maximum Gasteiger partial charge on any atom is 0.307 e. The van der Waals surface area contributed by atoms with E-state index >= 15 is 0 Å². The molecular weight excluding hydrogens is 330 g/mol. The maximum absolute atomic E-state index is 12.6. The van der Waals surface area contributed by atoms with Crippen LogP contribution in [0.3, 0.4) is 0 Å². The van der Waals surface area contributed by atoms with Gasteiger partial charge in [-0.25, -0.2) is 0 Å². The van der Waals surface area contributed by atoms with Gasteiger partial charge in [-0.15, -0.1) is 0 Å². The Morgan fingerprint density at radius 2 is 1.85 bits per heavy atom. The topological polar surface area (TPSA) is 55.8 Å². The lowest BCUT2D eigenvalue weighted by molar-refractivity contribution is -0.144. The first-order chi connectivity index (χ1) is 12.6. The van der Waals surface area contributed by atoms with E-state index in [0.29, 0.717) is 25.4 Å². The zero-order valence-electron chi connectivity index (χ0n) is 16.5. The first kappa shape index (κ1) is 22.0. The number of benzene rings is 1. The average Bonchev–Trinajstić information content (AvgIpc) is 2.66. The highest BCUT2D eigenvalue weighted by atomic mass is 16.5. The number of carbonyl (C=O) groups is 2. The molecule has 1 amide bonds. The molecular formula is C21H33NO4. The van der Waals surface area contributed by atoms with E-state index in [1.807, 2.05) is 24.3 Å². The van der Waals surface area contributed by atoms with E-state index in [4.69, 9.17) is 9.47 Å². The third kappa shape index (κ3) is 8.88. The molecule has 0 spiro atoms. The number of unbranched alkanes of at least 4 members (excludes halogenated alkanes) is 3. The number of hydrogen-bond acceptors (Lipinski definition) is 4. The van der Waals surface area contributed by atoms with E-state index in [1.54, 1.807) is 11.8 Å². The second kappa shape index (κ2) is 13.2. The van der Waals surface area contributed by atoms with Gasteiger partial charge in [0.05, 0.1) is 13.0 Å². The Balaban J connectivity index is 2.55. The number of esters is 1. The van der Waals surface area contributed by atoms with Crippen LogP contribution in [0.4, 0.5) is 0 Å². The summed E-state index contributed by atoms with van der Waals surface area (Å²) in [5.41, 5.74) is 1.17. The van der Waals surface area contributed by atoms with Crippen molar-refractivity contribution < 1.29 is 19.1 Å². The number of ether oxygens (including phenoxy) is 2. The van der Waals surface area contributed by atoms with Crippen LogP contribution in [-0.2, 0) is 20.7 Å². The summed E-state index contributed by atoms with van der Waals surface area (Å²) in [7, 11) is 0. The average molecular weight is 363 g/mol. The Morgan fingerprint density at radius 3 is 2.54 bits per heavy atom. The third-order valence-corrected chi connectivity index (χ3v) is 4.19. The highest BCUT2D eigenvalue weighted by Gasteiger charge is 2.16. The zero-order valence-corrected chi connectivity index (χ0v) is 16.5. The molecule has 0 fully saturated rings. The zero-order chi connectivity index (χ0) is 19.2. The highest BCUT2D eigenvalue weighted by molar-refractivity contribution is 5.78. The molecule has 0 aliphatic heterocycles. The van der Waals surface area contributed by atoms with Gasteiger partial charge >= 0.3 is 5.97 Å². The number of rotatable bonds is 13. The van der Waals surface area contributed by atoms with E-state index in [0.717, 1.165) is 32.1 Å². The van der Waals surface area contributed by atoms with Crippen LogP contribution < -0.4 is 4.74 Å². The summed E-state index contributed by atoms with van der Waals surface area (Å²) in [4.78, 5) is 25.9. The van der Waals surface area contributed by atoms with Crippen LogP contribution >= 0.6 is 0 Å². The Kier molecular flexibility index (Phi) is 11.2. The number of hydrogen-bond donors (Lipinski definition) is 0. The quantitative estimate of drug-likeness (QED) is 0.393. The van der Waals surface area contributed by atoms with Crippen LogP contribution in [0.25, 0.3) is 0 Å². The standard InChI is InChI=1S/C21H33NO4/c1-4-7-8-9-14-22(15-13-21(24)25-6-3)20(23)17-26-19-12-10-11-18(5-2)16-19/h10-12,16H,4-9,13-15,17H2,1-3H3. The Bertz CT molecular complexity index is 545. The summed E-state index contributed by atoms with van der Waals surface area (Å²) >= 11 is 0. The predicted octanol–water partition coefficient (Wildman–Crippen LogP) is 3.99. The van der Waals surface area contributed by atoms with Gasteiger partial charge in [0.2, 0.25) is 0 Å². The number of nitrogens with zero attached hydrogens (tertiary/aromatic N) is 1. The van der Waals surface area contributed by atoms with Gasteiger partial charge in [0, 0.05) is 13.1 Å². The first-order valence-electron chi connectivity index (χ1n) is 9.75. The SMILES string of the molecule is CCCCCCN(CCC(=O)OCC)C(=O)COc1cccc(CC)c1. The number of carbonyl (C=O) groups excluding carboxylic acids is 2. The van der Waals surface area contributed by atoms with E-state index in [-0.39, 0.29) is 24.9 Å². The second-order valence-electron chi connectivity index (χ2n) is 6.29. The molecule has 26 heavy (non-hydrogen) atoms. The van der Waals surface area contributed by atoms with Gasteiger partial charge in [-0.05, 0) is 37.5 Å². The number of aryl methyl sites for hydroxylation is 1. The maximum atomic E-state index is 12.6. The fourth-order valence-electron chi connectivity index (χ4n) is 2.64.